The number of ketones is 1. The van der Waals surface area contributed by atoms with Gasteiger partial charge in [-0.2, -0.15) is 4.39 Å². The Morgan fingerprint density at radius 1 is 1.25 bits per heavy atom. The number of ether oxygens (including phenoxy) is 1. The first-order chi connectivity index (χ1) is 13.3. The summed E-state index contributed by atoms with van der Waals surface area (Å²) in [5, 5.41) is 9.45. The lowest BCUT2D eigenvalue weighted by molar-refractivity contribution is -0.252. The second kappa shape index (κ2) is 8.76. The van der Waals surface area contributed by atoms with Gasteiger partial charge in [-0.3, -0.25) is 9.59 Å². The SMILES string of the molecule is Nc1ccc(CC(=O)C(F)(OC2CCC(C(=O)O)CC2)N2CCCC2)cc1Cl. The number of halogens is 2. The van der Waals surface area contributed by atoms with E-state index in [2.05, 4.69) is 0 Å². The van der Waals surface area contributed by atoms with E-state index in [1.54, 1.807) is 18.2 Å². The number of nitrogens with zero attached hydrogens (tertiary/aromatic N) is 1. The zero-order valence-electron chi connectivity index (χ0n) is 15.7. The van der Waals surface area contributed by atoms with Crippen molar-refractivity contribution in [1.29, 1.82) is 0 Å². The first-order valence-corrected chi connectivity index (χ1v) is 10.1. The van der Waals surface area contributed by atoms with E-state index in [1.165, 1.54) is 4.90 Å². The molecule has 1 saturated heterocycles. The third-order valence-corrected chi connectivity index (χ3v) is 5.96. The molecule has 1 aromatic rings. The number of aliphatic carboxylic acids is 1. The van der Waals surface area contributed by atoms with Crippen LogP contribution >= 0.6 is 11.6 Å². The number of nitrogens with two attached hydrogens (primary N) is 1. The number of benzene rings is 1. The third kappa shape index (κ3) is 4.64. The van der Waals surface area contributed by atoms with Gasteiger partial charge in [0.1, 0.15) is 0 Å². The van der Waals surface area contributed by atoms with Gasteiger partial charge in [0.15, 0.2) is 0 Å². The molecular formula is C20H26ClFN2O4. The van der Waals surface area contributed by atoms with E-state index in [9.17, 15) is 9.59 Å². The fourth-order valence-electron chi connectivity index (χ4n) is 3.94. The summed E-state index contributed by atoms with van der Waals surface area (Å²) in [5.41, 5.74) is 6.67. The summed E-state index contributed by atoms with van der Waals surface area (Å²) in [6.07, 6.45) is 2.70. The molecular weight excluding hydrogens is 387 g/mol. The summed E-state index contributed by atoms with van der Waals surface area (Å²) in [5.74, 6) is -4.44. The van der Waals surface area contributed by atoms with Gasteiger partial charge < -0.3 is 15.6 Å². The lowest BCUT2D eigenvalue weighted by Gasteiger charge is -2.37. The highest BCUT2D eigenvalue weighted by atomic mass is 35.5. The van der Waals surface area contributed by atoms with Crippen LogP contribution in [0.3, 0.4) is 0 Å². The molecule has 28 heavy (non-hydrogen) atoms. The highest BCUT2D eigenvalue weighted by Crippen LogP contribution is 2.34. The number of nitrogen functional groups attached to an aromatic ring is 1. The van der Waals surface area contributed by atoms with Crippen LogP contribution in [0.15, 0.2) is 18.2 Å². The summed E-state index contributed by atoms with van der Waals surface area (Å²) < 4.78 is 21.7. The Labute approximate surface area is 168 Å². The van der Waals surface area contributed by atoms with Crippen LogP contribution in [-0.2, 0) is 20.7 Å². The number of likely N-dealkylation sites (tertiary alicyclic amines) is 1. The minimum Gasteiger partial charge on any atom is -0.481 e. The van der Waals surface area contributed by atoms with Crippen LogP contribution in [-0.4, -0.2) is 46.9 Å². The molecule has 2 aliphatic rings. The van der Waals surface area contributed by atoms with Crippen LogP contribution in [0, 0.1) is 5.92 Å². The molecule has 1 heterocycles. The Morgan fingerprint density at radius 2 is 1.89 bits per heavy atom. The molecule has 0 radical (unpaired) electrons. The van der Waals surface area contributed by atoms with Crippen LogP contribution in [0.4, 0.5) is 10.1 Å². The number of alkyl halides is 1. The number of carboxylic acid groups (broad SMARTS) is 1. The first-order valence-electron chi connectivity index (χ1n) is 9.71. The quantitative estimate of drug-likeness (QED) is 0.526. The van der Waals surface area contributed by atoms with Gasteiger partial charge >= 0.3 is 11.9 Å². The predicted octanol–water partition coefficient (Wildman–Crippen LogP) is 3.41. The lowest BCUT2D eigenvalue weighted by Crippen LogP contribution is -2.54. The van der Waals surface area contributed by atoms with E-state index in [1.807, 2.05) is 0 Å². The van der Waals surface area contributed by atoms with Crippen LogP contribution in [0.2, 0.25) is 5.02 Å². The first kappa shape index (κ1) is 21.0. The normalized spacial score (nSPS) is 25.4. The average Bonchev–Trinajstić information content (AvgIpc) is 3.20. The molecule has 0 spiro atoms. The fourth-order valence-corrected chi connectivity index (χ4v) is 4.15. The fraction of sp³-hybridized carbons (Fsp3) is 0.600. The molecule has 0 amide bonds. The Balaban J connectivity index is 1.73. The van der Waals surface area contributed by atoms with Gasteiger partial charge in [0.25, 0.3) is 0 Å². The van der Waals surface area contributed by atoms with E-state index < -0.39 is 29.8 Å². The Hall–Kier alpha value is -1.70. The number of carbonyl (C=O) groups is 2. The van der Waals surface area contributed by atoms with E-state index in [0.717, 1.165) is 12.8 Å². The molecule has 0 aromatic heterocycles. The van der Waals surface area contributed by atoms with Crippen molar-refractivity contribution in [2.75, 3.05) is 18.8 Å². The van der Waals surface area contributed by atoms with E-state index >= 15 is 4.39 Å². The molecule has 1 unspecified atom stereocenters. The van der Waals surface area contributed by atoms with Gasteiger partial charge in [0.05, 0.1) is 22.7 Å². The summed E-state index contributed by atoms with van der Waals surface area (Å²) in [7, 11) is 0. The molecule has 154 valence electrons. The number of anilines is 1. The number of hydrogen-bond donors (Lipinski definition) is 2. The summed E-state index contributed by atoms with van der Waals surface area (Å²) in [4.78, 5) is 25.5. The molecule has 1 saturated carbocycles. The number of rotatable bonds is 7. The zero-order chi connectivity index (χ0) is 20.3. The van der Waals surface area contributed by atoms with Crippen molar-refractivity contribution in [3.8, 4) is 0 Å². The third-order valence-electron chi connectivity index (χ3n) is 5.63. The minimum atomic E-state index is -2.51. The van der Waals surface area contributed by atoms with Gasteiger partial charge in [0.2, 0.25) is 5.78 Å². The lowest BCUT2D eigenvalue weighted by atomic mass is 9.87. The molecule has 2 fully saturated rings. The number of carboxylic acids is 1. The summed E-state index contributed by atoms with van der Waals surface area (Å²) in [6, 6.07) is 4.81. The number of carbonyl (C=O) groups excluding carboxylic acids is 1. The van der Waals surface area contributed by atoms with Crippen molar-refractivity contribution in [2.45, 2.75) is 57.0 Å². The second-order valence-corrected chi connectivity index (χ2v) is 8.05. The molecule has 1 atom stereocenters. The molecule has 3 N–H and O–H groups in total. The molecule has 0 bridgehead atoms. The largest absolute Gasteiger partial charge is 0.481 e. The smallest absolute Gasteiger partial charge is 0.330 e. The maximum Gasteiger partial charge on any atom is 0.330 e. The molecule has 1 aliphatic heterocycles. The van der Waals surface area contributed by atoms with E-state index in [4.69, 9.17) is 27.2 Å². The maximum absolute atomic E-state index is 16.0. The van der Waals surface area contributed by atoms with Gasteiger partial charge in [-0.05, 0) is 56.2 Å². The highest BCUT2D eigenvalue weighted by molar-refractivity contribution is 6.33. The highest BCUT2D eigenvalue weighted by Gasteiger charge is 2.48. The predicted molar refractivity (Wildman–Crippen MR) is 104 cm³/mol. The second-order valence-electron chi connectivity index (χ2n) is 7.64. The summed E-state index contributed by atoms with van der Waals surface area (Å²) >= 11 is 6.01. The van der Waals surface area contributed by atoms with Crippen molar-refractivity contribution in [1.82, 2.24) is 4.90 Å². The zero-order valence-corrected chi connectivity index (χ0v) is 16.5. The van der Waals surface area contributed by atoms with Crippen molar-refractivity contribution in [3.63, 3.8) is 0 Å². The molecule has 6 nitrogen and oxygen atoms in total. The van der Waals surface area contributed by atoms with Crippen LogP contribution in [0.5, 0.6) is 0 Å². The van der Waals surface area contributed by atoms with Gasteiger partial charge in [-0.25, -0.2) is 4.90 Å². The van der Waals surface area contributed by atoms with Gasteiger partial charge in [-0.15, -0.1) is 0 Å². The Kier molecular flexibility index (Phi) is 6.58. The maximum atomic E-state index is 16.0. The standard InChI is InChI=1S/C20H26ClFN2O4/c21-16-11-13(3-8-17(16)23)12-18(25)20(22,24-9-1-2-10-24)28-15-6-4-14(5-7-15)19(26)27/h3,8,11,14-15H,1-2,4-7,9-10,12,23H2,(H,26,27). The topological polar surface area (TPSA) is 92.9 Å². The molecule has 1 aromatic carbocycles. The van der Waals surface area contributed by atoms with Gasteiger partial charge in [0, 0.05) is 19.5 Å². The van der Waals surface area contributed by atoms with Crippen molar-refractivity contribution in [2.24, 2.45) is 5.92 Å². The summed E-state index contributed by atoms with van der Waals surface area (Å²) in [6.45, 7) is 0.907. The van der Waals surface area contributed by atoms with Crippen LogP contribution in [0.25, 0.3) is 0 Å². The number of Topliss-reactive ketones (excluding diaryl/α,β-unsaturated/α-hetero) is 1. The average molecular weight is 413 g/mol. The van der Waals surface area contributed by atoms with Crippen molar-refractivity contribution in [3.05, 3.63) is 28.8 Å². The van der Waals surface area contributed by atoms with Crippen molar-refractivity contribution < 1.29 is 23.8 Å². The van der Waals surface area contributed by atoms with Crippen LogP contribution < -0.4 is 5.73 Å². The Morgan fingerprint density at radius 3 is 2.46 bits per heavy atom. The molecule has 3 rings (SSSR count). The van der Waals surface area contributed by atoms with E-state index in [0.29, 0.717) is 55.0 Å². The molecule has 1 aliphatic carbocycles. The Bertz CT molecular complexity index is 733. The minimum absolute atomic E-state index is 0.155. The van der Waals surface area contributed by atoms with Crippen LogP contribution in [0.1, 0.15) is 44.1 Å². The monoisotopic (exact) mass is 412 g/mol. The van der Waals surface area contributed by atoms with E-state index in [-0.39, 0.29) is 6.42 Å². The van der Waals surface area contributed by atoms with Crippen molar-refractivity contribution >= 4 is 29.0 Å². The molecule has 8 heteroatoms. The number of hydrogen-bond acceptors (Lipinski definition) is 5. The van der Waals surface area contributed by atoms with Gasteiger partial charge in [-0.1, -0.05) is 17.7 Å².